The molecule has 1 aromatic carbocycles. The van der Waals surface area contributed by atoms with E-state index in [9.17, 15) is 4.79 Å². The minimum absolute atomic E-state index is 0. The molecule has 2 N–H and O–H groups in total. The summed E-state index contributed by atoms with van der Waals surface area (Å²) in [5.41, 5.74) is 8.77. The largest absolute Gasteiger partial charge is 0.340 e. The van der Waals surface area contributed by atoms with Crippen LogP contribution in [0.4, 0.5) is 0 Å². The molecule has 3 aromatic rings. The van der Waals surface area contributed by atoms with E-state index in [0.717, 1.165) is 21.8 Å². The first kappa shape index (κ1) is 22.1. The molecule has 0 unspecified atom stereocenters. The summed E-state index contributed by atoms with van der Waals surface area (Å²) in [6.07, 6.45) is 2.00. The summed E-state index contributed by atoms with van der Waals surface area (Å²) in [6, 6.07) is 13.5. The Hall–Kier alpha value is -2.15. The van der Waals surface area contributed by atoms with Crippen molar-refractivity contribution in [1.82, 2.24) is 14.7 Å². The number of rotatable bonds is 5. The molecule has 2 aromatic heterocycles. The molecule has 1 amide bonds. The molecule has 0 aliphatic carbocycles. The van der Waals surface area contributed by atoms with Crippen LogP contribution in [0.3, 0.4) is 0 Å². The summed E-state index contributed by atoms with van der Waals surface area (Å²) in [5.74, 6) is -0.0629. The molecule has 0 spiro atoms. The number of halogens is 1. The van der Waals surface area contributed by atoms with Crippen molar-refractivity contribution >= 4 is 29.7 Å². The van der Waals surface area contributed by atoms with Crippen molar-refractivity contribution in [2.45, 2.75) is 33.4 Å². The van der Waals surface area contributed by atoms with Crippen molar-refractivity contribution in [3.8, 4) is 16.3 Å². The number of carbonyl (C=O) groups is 1. The molecule has 150 valence electrons. The molecular formula is C21H27ClN4OS. The molecule has 0 saturated carbocycles. The normalized spacial score (nSPS) is 12.3. The van der Waals surface area contributed by atoms with Crippen molar-refractivity contribution in [2.24, 2.45) is 11.1 Å². The molecule has 0 aliphatic heterocycles. The maximum atomic E-state index is 12.7. The van der Waals surface area contributed by atoms with E-state index >= 15 is 0 Å². The smallest absolute Gasteiger partial charge is 0.240 e. The molecule has 0 radical (unpaired) electrons. The predicted octanol–water partition coefficient (Wildman–Crippen LogP) is 4.35. The number of likely N-dealkylation sites (N-methyl/N-ethyl adjacent to an activating group) is 1. The zero-order chi connectivity index (χ0) is 19.6. The second-order valence-corrected chi connectivity index (χ2v) is 8.75. The van der Waals surface area contributed by atoms with Crippen LogP contribution in [-0.4, -0.2) is 33.7 Å². The van der Waals surface area contributed by atoms with Crippen molar-refractivity contribution in [1.29, 1.82) is 0 Å². The van der Waals surface area contributed by atoms with Crippen LogP contribution in [-0.2, 0) is 11.3 Å². The van der Waals surface area contributed by atoms with Crippen LogP contribution in [0.25, 0.3) is 16.3 Å². The van der Waals surface area contributed by atoms with E-state index in [-0.39, 0.29) is 23.7 Å². The number of benzene rings is 1. The summed E-state index contributed by atoms with van der Waals surface area (Å²) in [6.45, 7) is 6.40. The number of aromatic nitrogens is 2. The highest BCUT2D eigenvalue weighted by molar-refractivity contribution is 7.13. The van der Waals surface area contributed by atoms with E-state index in [1.165, 1.54) is 0 Å². The number of carbonyl (C=O) groups excluding carboxylic acids is 1. The Bertz CT molecular complexity index is 900. The predicted molar refractivity (Wildman–Crippen MR) is 118 cm³/mol. The monoisotopic (exact) mass is 418 g/mol. The maximum absolute atomic E-state index is 12.7. The van der Waals surface area contributed by atoms with Crippen LogP contribution in [0.5, 0.6) is 0 Å². The fourth-order valence-corrected chi connectivity index (χ4v) is 3.54. The molecule has 2 heterocycles. The van der Waals surface area contributed by atoms with Gasteiger partial charge in [0.05, 0.1) is 16.6 Å². The third-order valence-corrected chi connectivity index (χ3v) is 5.42. The summed E-state index contributed by atoms with van der Waals surface area (Å²) < 4.78 is 1.87. The van der Waals surface area contributed by atoms with Crippen molar-refractivity contribution in [3.63, 3.8) is 0 Å². The van der Waals surface area contributed by atoms with E-state index in [1.807, 2.05) is 73.4 Å². The number of amides is 1. The Kier molecular flexibility index (Phi) is 7.04. The van der Waals surface area contributed by atoms with Gasteiger partial charge in [0.25, 0.3) is 0 Å². The van der Waals surface area contributed by atoms with Gasteiger partial charge in [-0.25, -0.2) is 4.68 Å². The zero-order valence-electron chi connectivity index (χ0n) is 16.6. The molecular weight excluding hydrogens is 392 g/mol. The summed E-state index contributed by atoms with van der Waals surface area (Å²) in [5, 5.41) is 6.82. The number of para-hydroxylation sites is 1. The van der Waals surface area contributed by atoms with Gasteiger partial charge in [-0.05, 0) is 29.0 Å². The lowest BCUT2D eigenvalue weighted by atomic mass is 9.86. The lowest BCUT2D eigenvalue weighted by Crippen LogP contribution is -2.48. The third kappa shape index (κ3) is 4.82. The molecule has 0 bridgehead atoms. The first-order chi connectivity index (χ1) is 12.8. The van der Waals surface area contributed by atoms with Crippen molar-refractivity contribution in [3.05, 3.63) is 59.6 Å². The first-order valence-electron chi connectivity index (χ1n) is 8.96. The van der Waals surface area contributed by atoms with Crippen LogP contribution in [0, 0.1) is 5.41 Å². The standard InChI is InChI=1S/C21H26N4OS.ClH/c1-21(2,3)19(22)20(26)24(4)13-15-14-25(16-9-6-5-7-10-16)23-18(15)17-11-8-12-27-17;/h5-12,14,19H,13,22H2,1-4H3;1H/t19-;/m1./s1. The van der Waals surface area contributed by atoms with Gasteiger partial charge in [0, 0.05) is 25.4 Å². The fraction of sp³-hybridized carbons (Fsp3) is 0.333. The summed E-state index contributed by atoms with van der Waals surface area (Å²) >= 11 is 1.64. The zero-order valence-corrected chi connectivity index (χ0v) is 18.3. The van der Waals surface area contributed by atoms with Crippen LogP contribution < -0.4 is 5.73 Å². The van der Waals surface area contributed by atoms with Crippen LogP contribution in [0.15, 0.2) is 54.0 Å². The second-order valence-electron chi connectivity index (χ2n) is 7.80. The van der Waals surface area contributed by atoms with Gasteiger partial charge in [-0.2, -0.15) is 5.10 Å². The van der Waals surface area contributed by atoms with Crippen LogP contribution >= 0.6 is 23.7 Å². The maximum Gasteiger partial charge on any atom is 0.240 e. The van der Waals surface area contributed by atoms with Gasteiger partial charge in [-0.1, -0.05) is 45.0 Å². The highest BCUT2D eigenvalue weighted by atomic mass is 35.5. The Morgan fingerprint density at radius 1 is 1.21 bits per heavy atom. The number of nitrogens with zero attached hydrogens (tertiary/aromatic N) is 3. The molecule has 28 heavy (non-hydrogen) atoms. The SMILES string of the molecule is CN(Cc1cn(-c2ccccc2)nc1-c1cccs1)C(=O)[C@@H](N)C(C)(C)C.Cl. The van der Waals surface area contributed by atoms with E-state index in [1.54, 1.807) is 23.3 Å². The quantitative estimate of drug-likeness (QED) is 0.669. The average Bonchev–Trinajstić information content (AvgIpc) is 3.30. The Morgan fingerprint density at radius 3 is 2.46 bits per heavy atom. The highest BCUT2D eigenvalue weighted by Gasteiger charge is 2.30. The van der Waals surface area contributed by atoms with Gasteiger partial charge >= 0.3 is 0 Å². The van der Waals surface area contributed by atoms with Gasteiger partial charge in [0.1, 0.15) is 5.69 Å². The van der Waals surface area contributed by atoms with E-state index < -0.39 is 6.04 Å². The van der Waals surface area contributed by atoms with Crippen LogP contribution in [0.2, 0.25) is 0 Å². The number of hydrogen-bond donors (Lipinski definition) is 1. The van der Waals surface area contributed by atoms with Crippen molar-refractivity contribution < 1.29 is 4.79 Å². The Balaban J connectivity index is 0.00000280. The topological polar surface area (TPSA) is 64.2 Å². The Labute approximate surface area is 176 Å². The Morgan fingerprint density at radius 2 is 1.89 bits per heavy atom. The van der Waals surface area contributed by atoms with Gasteiger partial charge < -0.3 is 10.6 Å². The second kappa shape index (κ2) is 8.90. The molecule has 7 heteroatoms. The highest BCUT2D eigenvalue weighted by Crippen LogP contribution is 2.29. The minimum Gasteiger partial charge on any atom is -0.340 e. The van der Waals surface area contributed by atoms with E-state index in [0.29, 0.717) is 6.54 Å². The van der Waals surface area contributed by atoms with E-state index in [4.69, 9.17) is 10.8 Å². The lowest BCUT2D eigenvalue weighted by molar-refractivity contribution is -0.134. The van der Waals surface area contributed by atoms with Crippen molar-refractivity contribution in [2.75, 3.05) is 7.05 Å². The molecule has 3 rings (SSSR count). The number of hydrogen-bond acceptors (Lipinski definition) is 4. The summed E-state index contributed by atoms with van der Waals surface area (Å²) in [4.78, 5) is 15.5. The minimum atomic E-state index is -0.545. The van der Waals surface area contributed by atoms with Gasteiger partial charge in [-0.15, -0.1) is 23.7 Å². The molecule has 0 aliphatic rings. The number of thiophene rings is 1. The summed E-state index contributed by atoms with van der Waals surface area (Å²) in [7, 11) is 1.80. The lowest BCUT2D eigenvalue weighted by Gasteiger charge is -2.30. The average molecular weight is 419 g/mol. The fourth-order valence-electron chi connectivity index (χ4n) is 2.80. The van der Waals surface area contributed by atoms with Crippen LogP contribution in [0.1, 0.15) is 26.3 Å². The van der Waals surface area contributed by atoms with E-state index in [2.05, 4.69) is 6.07 Å². The van der Waals surface area contributed by atoms with Gasteiger partial charge in [-0.3, -0.25) is 4.79 Å². The molecule has 0 fully saturated rings. The third-order valence-electron chi connectivity index (χ3n) is 4.55. The van der Waals surface area contributed by atoms with Gasteiger partial charge in [0.2, 0.25) is 5.91 Å². The van der Waals surface area contributed by atoms with Gasteiger partial charge in [0.15, 0.2) is 0 Å². The molecule has 1 atom stereocenters. The first-order valence-corrected chi connectivity index (χ1v) is 9.84. The number of nitrogens with two attached hydrogens (primary N) is 1. The molecule has 5 nitrogen and oxygen atoms in total. The molecule has 0 saturated heterocycles.